The summed E-state index contributed by atoms with van der Waals surface area (Å²) in [6.07, 6.45) is 0. The topological polar surface area (TPSA) is 79.5 Å². The Morgan fingerprint density at radius 1 is 1.25 bits per heavy atom. The van der Waals surface area contributed by atoms with Gasteiger partial charge in [0.1, 0.15) is 24.0 Å². The van der Waals surface area contributed by atoms with E-state index in [9.17, 15) is 17.2 Å². The van der Waals surface area contributed by atoms with E-state index in [1.165, 1.54) is 6.07 Å². The molecule has 0 unspecified atom stereocenters. The third kappa shape index (κ3) is 3.00. The van der Waals surface area contributed by atoms with Crippen LogP contribution in [0.1, 0.15) is 5.76 Å². The second-order valence-electron chi connectivity index (χ2n) is 3.73. The average molecular weight is 368 g/mol. The molecule has 0 bridgehead atoms. The van der Waals surface area contributed by atoms with Crippen molar-refractivity contribution in [1.82, 2.24) is 0 Å². The molecular weight excluding hydrogens is 360 g/mol. The smallest absolute Gasteiger partial charge is 0.295 e. The summed E-state index contributed by atoms with van der Waals surface area (Å²) in [6.45, 7) is -0.466. The van der Waals surface area contributed by atoms with E-state index in [-0.39, 0.29) is 10.2 Å². The lowest BCUT2D eigenvalue weighted by Crippen LogP contribution is -2.13. The largest absolute Gasteiger partial charge is 0.445 e. The number of aliphatic hydroxyl groups is 1. The van der Waals surface area contributed by atoms with Crippen molar-refractivity contribution in [2.75, 3.05) is 4.72 Å². The van der Waals surface area contributed by atoms with Crippen LogP contribution in [0.4, 0.5) is 14.5 Å². The maximum absolute atomic E-state index is 13.5. The molecule has 0 atom stereocenters. The third-order valence-corrected chi connectivity index (χ3v) is 4.16. The van der Waals surface area contributed by atoms with E-state index in [1.54, 1.807) is 0 Å². The predicted octanol–water partition coefficient (Wildman–Crippen LogP) is 2.61. The highest BCUT2D eigenvalue weighted by Crippen LogP contribution is 2.26. The molecule has 9 heteroatoms. The molecule has 5 nitrogen and oxygen atoms in total. The molecule has 0 radical (unpaired) electrons. The zero-order valence-electron chi connectivity index (χ0n) is 9.73. The number of benzene rings is 1. The van der Waals surface area contributed by atoms with Gasteiger partial charge in [-0.05, 0) is 34.1 Å². The molecule has 0 saturated heterocycles. The van der Waals surface area contributed by atoms with E-state index in [0.29, 0.717) is 6.07 Å². The van der Waals surface area contributed by atoms with Crippen molar-refractivity contribution in [3.8, 4) is 0 Å². The first-order chi connectivity index (χ1) is 9.33. The van der Waals surface area contributed by atoms with Crippen LogP contribution in [0, 0.1) is 11.6 Å². The Morgan fingerprint density at radius 2 is 1.95 bits per heavy atom. The highest BCUT2D eigenvalue weighted by Gasteiger charge is 2.21. The number of rotatable bonds is 4. The molecule has 0 aliphatic heterocycles. The van der Waals surface area contributed by atoms with Crippen molar-refractivity contribution >= 4 is 31.6 Å². The third-order valence-electron chi connectivity index (χ3n) is 2.31. The second kappa shape index (κ2) is 5.51. The fraction of sp³-hybridized carbons (Fsp3) is 0.0909. The number of hydrogen-bond donors (Lipinski definition) is 2. The van der Waals surface area contributed by atoms with Gasteiger partial charge in [0.2, 0.25) is 5.09 Å². The standard InChI is InChI=1S/C11H8BrF2NO4S/c12-7-3-10(9(14)4-8(7)13)15-20(17,18)11-2-1-6(5-16)19-11/h1-4,15-16H,5H2. The van der Waals surface area contributed by atoms with Gasteiger partial charge in [0.25, 0.3) is 10.0 Å². The summed E-state index contributed by atoms with van der Waals surface area (Å²) in [7, 11) is -4.17. The molecule has 108 valence electrons. The minimum atomic E-state index is -4.17. The first-order valence-corrected chi connectivity index (χ1v) is 7.48. The molecule has 2 N–H and O–H groups in total. The van der Waals surface area contributed by atoms with Gasteiger partial charge in [0, 0.05) is 6.07 Å². The Bertz CT molecular complexity index is 745. The normalized spacial score (nSPS) is 11.6. The summed E-state index contributed by atoms with van der Waals surface area (Å²) >= 11 is 2.83. The van der Waals surface area contributed by atoms with Crippen molar-refractivity contribution in [3.63, 3.8) is 0 Å². The quantitative estimate of drug-likeness (QED) is 0.814. The zero-order valence-corrected chi connectivity index (χ0v) is 12.1. The number of nitrogens with one attached hydrogen (secondary N) is 1. The van der Waals surface area contributed by atoms with Crippen LogP contribution in [0.5, 0.6) is 0 Å². The van der Waals surface area contributed by atoms with Gasteiger partial charge in [0.05, 0.1) is 10.2 Å². The maximum atomic E-state index is 13.5. The van der Waals surface area contributed by atoms with Gasteiger partial charge in [0.15, 0.2) is 0 Å². The first-order valence-electron chi connectivity index (χ1n) is 5.20. The molecule has 0 saturated carbocycles. The van der Waals surface area contributed by atoms with Gasteiger partial charge in [-0.1, -0.05) is 0 Å². The van der Waals surface area contributed by atoms with Crippen LogP contribution in [0.25, 0.3) is 0 Å². The predicted molar refractivity (Wildman–Crippen MR) is 69.5 cm³/mol. The second-order valence-corrected chi connectivity index (χ2v) is 6.20. The van der Waals surface area contributed by atoms with Crippen LogP contribution in [-0.4, -0.2) is 13.5 Å². The molecule has 0 amide bonds. The van der Waals surface area contributed by atoms with E-state index in [2.05, 4.69) is 15.9 Å². The molecule has 2 rings (SSSR count). The molecule has 2 aromatic rings. The summed E-state index contributed by atoms with van der Waals surface area (Å²) < 4.78 is 57.1. The van der Waals surface area contributed by atoms with Crippen molar-refractivity contribution in [2.45, 2.75) is 11.7 Å². The Labute approximate surface area is 121 Å². The molecule has 1 aromatic carbocycles. The van der Waals surface area contributed by atoms with Crippen molar-refractivity contribution in [2.24, 2.45) is 0 Å². The first kappa shape index (κ1) is 14.9. The van der Waals surface area contributed by atoms with Crippen LogP contribution < -0.4 is 4.72 Å². The summed E-state index contributed by atoms with van der Waals surface area (Å²) in [5, 5.41) is 8.32. The minimum absolute atomic E-state index is 0.0473. The Balaban J connectivity index is 2.35. The molecule has 0 aliphatic rings. The van der Waals surface area contributed by atoms with Gasteiger partial charge in [-0.2, -0.15) is 8.42 Å². The number of anilines is 1. The fourth-order valence-corrected chi connectivity index (χ4v) is 2.74. The number of furan rings is 1. The van der Waals surface area contributed by atoms with Gasteiger partial charge in [-0.15, -0.1) is 0 Å². The highest BCUT2D eigenvalue weighted by molar-refractivity contribution is 9.10. The van der Waals surface area contributed by atoms with Gasteiger partial charge in [-0.25, -0.2) is 8.78 Å². The lowest BCUT2D eigenvalue weighted by atomic mass is 10.3. The lowest BCUT2D eigenvalue weighted by Gasteiger charge is -2.07. The van der Waals surface area contributed by atoms with E-state index in [1.807, 2.05) is 4.72 Å². The maximum Gasteiger partial charge on any atom is 0.295 e. The van der Waals surface area contributed by atoms with Crippen LogP contribution in [0.3, 0.4) is 0 Å². The molecule has 0 spiro atoms. The lowest BCUT2D eigenvalue weighted by molar-refractivity contribution is 0.236. The van der Waals surface area contributed by atoms with Gasteiger partial charge < -0.3 is 9.52 Å². The molecule has 1 aromatic heterocycles. The fourth-order valence-electron chi connectivity index (χ4n) is 1.38. The van der Waals surface area contributed by atoms with Crippen molar-refractivity contribution in [3.05, 3.63) is 46.1 Å². The van der Waals surface area contributed by atoms with Crippen molar-refractivity contribution in [1.29, 1.82) is 0 Å². The van der Waals surface area contributed by atoms with Crippen LogP contribution >= 0.6 is 15.9 Å². The summed E-state index contributed by atoms with van der Waals surface area (Å²) in [6, 6.07) is 3.89. The van der Waals surface area contributed by atoms with E-state index in [4.69, 9.17) is 9.52 Å². The van der Waals surface area contributed by atoms with Gasteiger partial charge >= 0.3 is 0 Å². The zero-order chi connectivity index (χ0) is 14.9. The van der Waals surface area contributed by atoms with E-state index in [0.717, 1.165) is 12.1 Å². The van der Waals surface area contributed by atoms with E-state index >= 15 is 0 Å². The number of hydrogen-bond acceptors (Lipinski definition) is 4. The minimum Gasteiger partial charge on any atom is -0.445 e. The summed E-state index contributed by atoms with van der Waals surface area (Å²) in [5.74, 6) is -1.87. The molecule has 20 heavy (non-hydrogen) atoms. The molecule has 0 fully saturated rings. The Kier molecular flexibility index (Phi) is 4.11. The monoisotopic (exact) mass is 367 g/mol. The van der Waals surface area contributed by atoms with Crippen molar-refractivity contribution < 1.29 is 26.7 Å². The van der Waals surface area contributed by atoms with Crippen LogP contribution in [-0.2, 0) is 16.6 Å². The summed E-state index contributed by atoms with van der Waals surface area (Å²) in [4.78, 5) is 0. The Hall–Kier alpha value is -1.45. The van der Waals surface area contributed by atoms with Crippen LogP contribution in [0.2, 0.25) is 0 Å². The van der Waals surface area contributed by atoms with Gasteiger partial charge in [-0.3, -0.25) is 4.72 Å². The molecular formula is C11H8BrF2NO4S. The molecule has 0 aliphatic carbocycles. The number of aliphatic hydroxyl groups excluding tert-OH is 1. The SMILES string of the molecule is O=S(=O)(Nc1cc(Br)c(F)cc1F)c1ccc(CO)o1. The molecule has 1 heterocycles. The number of sulfonamides is 1. The Morgan fingerprint density at radius 3 is 2.55 bits per heavy atom. The number of halogens is 3. The highest BCUT2D eigenvalue weighted by atomic mass is 79.9. The van der Waals surface area contributed by atoms with E-state index < -0.39 is 39.0 Å². The summed E-state index contributed by atoms with van der Waals surface area (Å²) in [5.41, 5.74) is -0.430. The van der Waals surface area contributed by atoms with Crippen LogP contribution in [0.15, 0.2) is 38.2 Å². The average Bonchev–Trinajstić information content (AvgIpc) is 2.85.